The molecule has 5 rings (SSSR count). The van der Waals surface area contributed by atoms with E-state index < -0.39 is 0 Å². The van der Waals surface area contributed by atoms with Crippen LogP contribution in [0.4, 0.5) is 17.6 Å². The number of benzene rings is 2. The number of methoxy groups -OCH3 is 1. The van der Waals surface area contributed by atoms with Crippen molar-refractivity contribution in [1.29, 1.82) is 0 Å². The van der Waals surface area contributed by atoms with Gasteiger partial charge in [-0.15, -0.1) is 0 Å². The smallest absolute Gasteiger partial charge is 0.232 e. The summed E-state index contributed by atoms with van der Waals surface area (Å²) in [4.78, 5) is 18.7. The lowest BCUT2D eigenvalue weighted by Gasteiger charge is -2.13. The zero-order valence-electron chi connectivity index (χ0n) is 19.5. The van der Waals surface area contributed by atoms with E-state index in [0.29, 0.717) is 18.3 Å². The zero-order chi connectivity index (χ0) is 23.5. The van der Waals surface area contributed by atoms with Crippen molar-refractivity contribution in [3.63, 3.8) is 0 Å². The SMILES string of the molecule is COc1ccc(CCNc2nc(Nc3nccc4ccccc34)nc3c2ncn3C(C)C)cc1. The van der Waals surface area contributed by atoms with E-state index in [1.54, 1.807) is 13.3 Å². The maximum absolute atomic E-state index is 5.25. The highest BCUT2D eigenvalue weighted by Crippen LogP contribution is 2.27. The van der Waals surface area contributed by atoms with E-state index in [0.717, 1.165) is 39.9 Å². The normalized spacial score (nSPS) is 11.3. The molecular formula is C26H27N7O. The Labute approximate surface area is 198 Å². The first-order chi connectivity index (χ1) is 16.6. The fraction of sp³-hybridized carbons (Fsp3) is 0.231. The lowest BCUT2D eigenvalue weighted by molar-refractivity contribution is 0.414. The largest absolute Gasteiger partial charge is 0.497 e. The van der Waals surface area contributed by atoms with Crippen LogP contribution in [0.15, 0.2) is 67.1 Å². The number of rotatable bonds is 8. The minimum atomic E-state index is 0.218. The molecule has 0 aliphatic heterocycles. The van der Waals surface area contributed by atoms with E-state index in [9.17, 15) is 0 Å². The highest BCUT2D eigenvalue weighted by molar-refractivity contribution is 5.93. The summed E-state index contributed by atoms with van der Waals surface area (Å²) >= 11 is 0. The minimum Gasteiger partial charge on any atom is -0.497 e. The summed E-state index contributed by atoms with van der Waals surface area (Å²) in [5, 5.41) is 8.91. The van der Waals surface area contributed by atoms with Crippen LogP contribution >= 0.6 is 0 Å². The standard InChI is InChI=1S/C26H27N7O/c1-17(2)33-16-29-22-24(28-14-12-18-8-10-20(34-3)11-9-18)31-26(32-25(22)33)30-23-21-7-5-4-6-19(21)13-15-27-23/h4-11,13,15-17H,12,14H2,1-3H3,(H2,27,28,30,31,32). The summed E-state index contributed by atoms with van der Waals surface area (Å²) in [6, 6.07) is 18.4. The van der Waals surface area contributed by atoms with Crippen LogP contribution in [0.25, 0.3) is 21.9 Å². The van der Waals surface area contributed by atoms with Crippen LogP contribution in [0, 0.1) is 0 Å². The molecule has 0 aliphatic rings. The number of ether oxygens (including phenoxy) is 1. The Morgan fingerprint density at radius 3 is 2.56 bits per heavy atom. The number of nitrogens with zero attached hydrogens (tertiary/aromatic N) is 5. The zero-order valence-corrected chi connectivity index (χ0v) is 19.5. The lowest BCUT2D eigenvalue weighted by atomic mass is 10.1. The Morgan fingerprint density at radius 1 is 0.941 bits per heavy atom. The number of hydrogen-bond donors (Lipinski definition) is 2. The number of imidazole rings is 1. The highest BCUT2D eigenvalue weighted by atomic mass is 16.5. The topological polar surface area (TPSA) is 89.8 Å². The number of fused-ring (bicyclic) bond motifs is 2. The van der Waals surface area contributed by atoms with Crippen molar-refractivity contribution in [2.24, 2.45) is 0 Å². The summed E-state index contributed by atoms with van der Waals surface area (Å²) in [5.74, 6) is 2.75. The molecule has 0 spiro atoms. The van der Waals surface area contributed by atoms with Gasteiger partial charge in [0.15, 0.2) is 17.0 Å². The molecule has 0 fully saturated rings. The summed E-state index contributed by atoms with van der Waals surface area (Å²) in [7, 11) is 1.67. The highest BCUT2D eigenvalue weighted by Gasteiger charge is 2.16. The van der Waals surface area contributed by atoms with Crippen LogP contribution in [0.3, 0.4) is 0 Å². The minimum absolute atomic E-state index is 0.218. The lowest BCUT2D eigenvalue weighted by Crippen LogP contribution is -2.10. The van der Waals surface area contributed by atoms with Gasteiger partial charge in [0.05, 0.1) is 13.4 Å². The first-order valence-corrected chi connectivity index (χ1v) is 11.3. The van der Waals surface area contributed by atoms with Crippen molar-refractivity contribution >= 4 is 39.5 Å². The average Bonchev–Trinajstić information content (AvgIpc) is 3.29. The fourth-order valence-electron chi connectivity index (χ4n) is 3.92. The Bertz CT molecular complexity index is 1420. The Hall–Kier alpha value is -4.20. The van der Waals surface area contributed by atoms with Gasteiger partial charge >= 0.3 is 0 Å². The molecule has 0 amide bonds. The van der Waals surface area contributed by atoms with Crippen molar-refractivity contribution in [3.8, 4) is 5.75 Å². The molecule has 0 unspecified atom stereocenters. The second-order valence-electron chi connectivity index (χ2n) is 8.34. The van der Waals surface area contributed by atoms with Crippen LogP contribution in [0.2, 0.25) is 0 Å². The van der Waals surface area contributed by atoms with Crippen molar-refractivity contribution < 1.29 is 4.74 Å². The molecule has 34 heavy (non-hydrogen) atoms. The maximum atomic E-state index is 5.25. The van der Waals surface area contributed by atoms with Crippen LogP contribution in [-0.4, -0.2) is 38.2 Å². The molecular weight excluding hydrogens is 426 g/mol. The van der Waals surface area contributed by atoms with Crippen LogP contribution < -0.4 is 15.4 Å². The summed E-state index contributed by atoms with van der Waals surface area (Å²) < 4.78 is 7.30. The summed E-state index contributed by atoms with van der Waals surface area (Å²) in [5.41, 5.74) is 2.74. The van der Waals surface area contributed by atoms with Crippen LogP contribution in [0.1, 0.15) is 25.5 Å². The van der Waals surface area contributed by atoms with Gasteiger partial charge in [-0.1, -0.05) is 36.4 Å². The number of nitrogens with one attached hydrogen (secondary N) is 2. The molecule has 2 N–H and O–H groups in total. The third-order valence-electron chi connectivity index (χ3n) is 5.75. The number of anilines is 3. The van der Waals surface area contributed by atoms with Gasteiger partial charge in [-0.2, -0.15) is 9.97 Å². The molecule has 5 aromatic rings. The third-order valence-corrected chi connectivity index (χ3v) is 5.75. The maximum Gasteiger partial charge on any atom is 0.232 e. The molecule has 0 saturated heterocycles. The van der Waals surface area contributed by atoms with E-state index >= 15 is 0 Å². The van der Waals surface area contributed by atoms with Gasteiger partial charge in [-0.05, 0) is 49.4 Å². The van der Waals surface area contributed by atoms with Gasteiger partial charge in [-0.3, -0.25) is 0 Å². The van der Waals surface area contributed by atoms with Gasteiger partial charge < -0.3 is 19.9 Å². The van der Waals surface area contributed by atoms with Gasteiger partial charge in [0.1, 0.15) is 11.6 Å². The molecule has 8 heteroatoms. The molecule has 0 aliphatic carbocycles. The van der Waals surface area contributed by atoms with Crippen LogP contribution in [0.5, 0.6) is 5.75 Å². The quantitative estimate of drug-likeness (QED) is 0.327. The van der Waals surface area contributed by atoms with Crippen molar-refractivity contribution in [2.75, 3.05) is 24.3 Å². The van der Waals surface area contributed by atoms with E-state index in [4.69, 9.17) is 14.7 Å². The third kappa shape index (κ3) is 4.34. The van der Waals surface area contributed by atoms with Crippen molar-refractivity contribution in [2.45, 2.75) is 26.3 Å². The molecule has 0 bridgehead atoms. The Morgan fingerprint density at radius 2 is 1.76 bits per heavy atom. The van der Waals surface area contributed by atoms with E-state index in [1.165, 1.54) is 5.56 Å². The molecule has 3 heterocycles. The Balaban J connectivity index is 1.45. The Kier molecular flexibility index (Phi) is 5.95. The summed E-state index contributed by atoms with van der Waals surface area (Å²) in [6.45, 7) is 4.93. The molecule has 2 aromatic carbocycles. The first-order valence-electron chi connectivity index (χ1n) is 11.3. The van der Waals surface area contributed by atoms with Crippen LogP contribution in [-0.2, 0) is 6.42 Å². The summed E-state index contributed by atoms with van der Waals surface area (Å²) in [6.07, 6.45) is 4.45. The number of pyridine rings is 1. The van der Waals surface area contributed by atoms with E-state index in [2.05, 4.69) is 52.6 Å². The molecule has 0 radical (unpaired) electrons. The monoisotopic (exact) mass is 453 g/mol. The van der Waals surface area contributed by atoms with Gasteiger partial charge in [0.25, 0.3) is 0 Å². The predicted octanol–water partition coefficient (Wildman–Crippen LogP) is 5.36. The number of hydrogen-bond acceptors (Lipinski definition) is 7. The molecule has 0 atom stereocenters. The first kappa shape index (κ1) is 21.6. The van der Waals surface area contributed by atoms with E-state index in [1.807, 2.05) is 47.3 Å². The average molecular weight is 454 g/mol. The fourth-order valence-corrected chi connectivity index (χ4v) is 3.92. The molecule has 172 valence electrons. The molecule has 8 nitrogen and oxygen atoms in total. The number of aromatic nitrogens is 5. The van der Waals surface area contributed by atoms with Gasteiger partial charge in [-0.25, -0.2) is 9.97 Å². The second-order valence-corrected chi connectivity index (χ2v) is 8.34. The molecule has 3 aromatic heterocycles. The predicted molar refractivity (Wildman–Crippen MR) is 136 cm³/mol. The van der Waals surface area contributed by atoms with Gasteiger partial charge in [0, 0.05) is 24.2 Å². The van der Waals surface area contributed by atoms with Crippen molar-refractivity contribution in [3.05, 3.63) is 72.7 Å². The van der Waals surface area contributed by atoms with Crippen molar-refractivity contribution in [1.82, 2.24) is 24.5 Å². The molecule has 0 saturated carbocycles. The van der Waals surface area contributed by atoms with Gasteiger partial charge in [0.2, 0.25) is 5.95 Å². The second kappa shape index (κ2) is 9.35. The van der Waals surface area contributed by atoms with E-state index in [-0.39, 0.29) is 6.04 Å².